The summed E-state index contributed by atoms with van der Waals surface area (Å²) in [7, 11) is 0. The van der Waals surface area contributed by atoms with Crippen molar-refractivity contribution in [1.82, 2.24) is 0 Å². The number of esters is 1. The van der Waals surface area contributed by atoms with E-state index >= 15 is 0 Å². The molecule has 0 amide bonds. The topological polar surface area (TPSA) is 46.5 Å². The first-order valence-corrected chi connectivity index (χ1v) is 4.65. The average Bonchev–Trinajstić information content (AvgIpc) is 2.10. The van der Waals surface area contributed by atoms with Gasteiger partial charge in [-0.15, -0.1) is 0 Å². The van der Waals surface area contributed by atoms with Crippen molar-refractivity contribution in [2.24, 2.45) is 5.41 Å². The van der Waals surface area contributed by atoms with E-state index in [1.54, 1.807) is 0 Å². The van der Waals surface area contributed by atoms with Crippen LogP contribution in [0.1, 0.15) is 26.7 Å². The summed E-state index contributed by atoms with van der Waals surface area (Å²) in [6.45, 7) is 4.05. The summed E-state index contributed by atoms with van der Waals surface area (Å²) in [4.78, 5) is 10.9. The summed E-state index contributed by atoms with van der Waals surface area (Å²) in [5.74, 6) is -0.667. The zero-order chi connectivity index (χ0) is 10.1. The fourth-order valence-corrected chi connectivity index (χ4v) is 1.74. The van der Waals surface area contributed by atoms with Crippen molar-refractivity contribution in [3.05, 3.63) is 10.8 Å². The number of rotatable bonds is 2. The second kappa shape index (κ2) is 3.58. The van der Waals surface area contributed by atoms with Crippen LogP contribution in [0.4, 0.5) is 0 Å². The summed E-state index contributed by atoms with van der Waals surface area (Å²) in [5, 5.41) is 9.47. The van der Waals surface area contributed by atoms with Crippen molar-refractivity contribution in [2.45, 2.75) is 26.7 Å². The van der Waals surface area contributed by atoms with Gasteiger partial charge < -0.3 is 9.84 Å². The number of aliphatic hydroxyl groups is 1. The molecule has 0 saturated heterocycles. The van der Waals surface area contributed by atoms with E-state index in [9.17, 15) is 9.90 Å². The van der Waals surface area contributed by atoms with Crippen LogP contribution in [0.15, 0.2) is 10.8 Å². The fourth-order valence-electron chi connectivity index (χ4n) is 1.46. The Kier molecular flexibility index (Phi) is 2.86. The molecule has 1 heterocycles. The van der Waals surface area contributed by atoms with E-state index in [0.29, 0.717) is 0 Å². The molecule has 3 nitrogen and oxygen atoms in total. The van der Waals surface area contributed by atoms with E-state index in [2.05, 4.69) is 0 Å². The second-order valence-electron chi connectivity index (χ2n) is 3.55. The molecular formula is C9H13ClO3. The third-order valence-electron chi connectivity index (χ3n) is 2.28. The number of carbonyl (C=O) groups is 1. The van der Waals surface area contributed by atoms with Crippen LogP contribution in [-0.4, -0.2) is 17.7 Å². The molecule has 1 aliphatic heterocycles. The lowest BCUT2D eigenvalue weighted by molar-refractivity contribution is -0.144. The van der Waals surface area contributed by atoms with Gasteiger partial charge in [-0.3, -0.25) is 0 Å². The van der Waals surface area contributed by atoms with Gasteiger partial charge in [0.1, 0.15) is 12.4 Å². The van der Waals surface area contributed by atoms with Crippen molar-refractivity contribution < 1.29 is 14.6 Å². The summed E-state index contributed by atoms with van der Waals surface area (Å²) in [6, 6.07) is 0. The van der Waals surface area contributed by atoms with Crippen LogP contribution in [0.2, 0.25) is 0 Å². The molecule has 0 bridgehead atoms. The van der Waals surface area contributed by atoms with Crippen LogP contribution in [0, 0.1) is 5.41 Å². The molecule has 1 atom stereocenters. The SMILES string of the molecule is CCCC1(C)COC(=O)C(Cl)=C1O. The van der Waals surface area contributed by atoms with Crippen molar-refractivity contribution in [1.29, 1.82) is 0 Å². The molecule has 1 aliphatic rings. The van der Waals surface area contributed by atoms with Crippen LogP contribution in [0.3, 0.4) is 0 Å². The highest BCUT2D eigenvalue weighted by atomic mass is 35.5. The van der Waals surface area contributed by atoms with Crippen LogP contribution < -0.4 is 0 Å². The van der Waals surface area contributed by atoms with E-state index in [1.165, 1.54) is 0 Å². The molecule has 13 heavy (non-hydrogen) atoms. The zero-order valence-electron chi connectivity index (χ0n) is 7.76. The van der Waals surface area contributed by atoms with E-state index in [-0.39, 0.29) is 17.4 Å². The van der Waals surface area contributed by atoms with Crippen LogP contribution in [0.5, 0.6) is 0 Å². The highest BCUT2D eigenvalue weighted by Crippen LogP contribution is 2.37. The molecule has 0 radical (unpaired) electrons. The Hall–Kier alpha value is -0.700. The van der Waals surface area contributed by atoms with Gasteiger partial charge in [-0.25, -0.2) is 4.79 Å². The number of ether oxygens (including phenoxy) is 1. The number of hydrogen-bond acceptors (Lipinski definition) is 3. The van der Waals surface area contributed by atoms with Crippen molar-refractivity contribution >= 4 is 17.6 Å². The van der Waals surface area contributed by atoms with Gasteiger partial charge in [0.15, 0.2) is 5.03 Å². The molecule has 1 unspecified atom stereocenters. The summed E-state index contributed by atoms with van der Waals surface area (Å²) >= 11 is 5.59. The second-order valence-corrected chi connectivity index (χ2v) is 3.93. The van der Waals surface area contributed by atoms with Crippen LogP contribution in [-0.2, 0) is 9.53 Å². The molecule has 1 rings (SSSR count). The maximum Gasteiger partial charge on any atom is 0.353 e. The molecule has 0 aromatic heterocycles. The molecule has 0 fully saturated rings. The van der Waals surface area contributed by atoms with Crippen molar-refractivity contribution in [3.63, 3.8) is 0 Å². The highest BCUT2D eigenvalue weighted by molar-refractivity contribution is 6.41. The van der Waals surface area contributed by atoms with Gasteiger partial charge in [0.05, 0.1) is 5.41 Å². The Morgan fingerprint density at radius 3 is 2.85 bits per heavy atom. The molecule has 4 heteroatoms. The molecule has 0 aromatic carbocycles. The molecule has 74 valence electrons. The Bertz CT molecular complexity index is 260. The molecule has 0 saturated carbocycles. The molecule has 0 aromatic rings. The minimum absolute atomic E-state index is 0.0349. The Labute approximate surface area is 82.3 Å². The average molecular weight is 205 g/mol. The third-order valence-corrected chi connectivity index (χ3v) is 2.62. The van der Waals surface area contributed by atoms with Gasteiger partial charge in [0.25, 0.3) is 0 Å². The van der Waals surface area contributed by atoms with Gasteiger partial charge in [0.2, 0.25) is 0 Å². The first kappa shape index (κ1) is 10.4. The highest BCUT2D eigenvalue weighted by Gasteiger charge is 2.38. The normalized spacial score (nSPS) is 29.0. The van der Waals surface area contributed by atoms with E-state index in [4.69, 9.17) is 16.3 Å². The predicted molar refractivity (Wildman–Crippen MR) is 49.5 cm³/mol. The van der Waals surface area contributed by atoms with Crippen LogP contribution >= 0.6 is 11.6 Å². The van der Waals surface area contributed by atoms with Gasteiger partial charge in [-0.05, 0) is 13.3 Å². The summed E-state index contributed by atoms with van der Waals surface area (Å²) in [6.07, 6.45) is 1.66. The van der Waals surface area contributed by atoms with Gasteiger partial charge in [0, 0.05) is 0 Å². The quantitative estimate of drug-likeness (QED) is 0.703. The minimum Gasteiger partial charge on any atom is -0.510 e. The van der Waals surface area contributed by atoms with Gasteiger partial charge in [-0.1, -0.05) is 24.9 Å². The van der Waals surface area contributed by atoms with Crippen LogP contribution in [0.25, 0.3) is 0 Å². The largest absolute Gasteiger partial charge is 0.510 e. The third kappa shape index (κ3) is 1.80. The standard InChI is InChI=1S/C9H13ClO3/c1-3-4-9(2)5-13-8(12)6(10)7(9)11/h11H,3-5H2,1-2H3. The smallest absolute Gasteiger partial charge is 0.353 e. The van der Waals surface area contributed by atoms with E-state index < -0.39 is 11.4 Å². The van der Waals surface area contributed by atoms with Gasteiger partial charge in [-0.2, -0.15) is 0 Å². The lowest BCUT2D eigenvalue weighted by Crippen LogP contribution is -2.33. The monoisotopic (exact) mass is 204 g/mol. The lowest BCUT2D eigenvalue weighted by Gasteiger charge is -2.31. The first-order chi connectivity index (χ1) is 6.01. The zero-order valence-corrected chi connectivity index (χ0v) is 8.52. The maximum atomic E-state index is 10.9. The number of aliphatic hydroxyl groups excluding tert-OH is 1. The lowest BCUT2D eigenvalue weighted by atomic mass is 9.83. The van der Waals surface area contributed by atoms with Gasteiger partial charge >= 0.3 is 5.97 Å². The summed E-state index contributed by atoms with van der Waals surface area (Å²) in [5.41, 5.74) is -0.500. The number of carbonyl (C=O) groups excluding carboxylic acids is 1. The van der Waals surface area contributed by atoms with E-state index in [1.807, 2.05) is 13.8 Å². The van der Waals surface area contributed by atoms with Crippen molar-refractivity contribution in [3.8, 4) is 0 Å². The Balaban J connectivity index is 2.97. The molecular weight excluding hydrogens is 192 g/mol. The maximum absolute atomic E-state index is 10.9. The number of halogens is 1. The molecule has 1 N–H and O–H groups in total. The first-order valence-electron chi connectivity index (χ1n) is 4.27. The molecule has 0 aliphatic carbocycles. The Morgan fingerprint density at radius 2 is 2.31 bits per heavy atom. The summed E-state index contributed by atoms with van der Waals surface area (Å²) < 4.78 is 4.84. The fraction of sp³-hybridized carbons (Fsp3) is 0.667. The van der Waals surface area contributed by atoms with E-state index in [0.717, 1.165) is 12.8 Å². The Morgan fingerprint density at radius 1 is 1.69 bits per heavy atom. The minimum atomic E-state index is -0.632. The number of hydrogen-bond donors (Lipinski definition) is 1. The molecule has 0 spiro atoms. The van der Waals surface area contributed by atoms with Crippen molar-refractivity contribution in [2.75, 3.05) is 6.61 Å². The predicted octanol–water partition coefficient (Wildman–Crippen LogP) is 2.36. The number of cyclic esters (lactones) is 1.